The van der Waals surface area contributed by atoms with Crippen LogP contribution in [0.1, 0.15) is 31.7 Å². The van der Waals surface area contributed by atoms with E-state index in [9.17, 15) is 14.9 Å². The minimum Gasteiger partial charge on any atom is -0.376 e. The predicted molar refractivity (Wildman–Crippen MR) is 81.2 cm³/mol. The molecule has 6 heteroatoms. The van der Waals surface area contributed by atoms with Crippen LogP contribution in [-0.2, 0) is 11.2 Å². The van der Waals surface area contributed by atoms with Gasteiger partial charge in [-0.25, -0.2) is 0 Å². The van der Waals surface area contributed by atoms with E-state index in [1.54, 1.807) is 6.07 Å². The van der Waals surface area contributed by atoms with Crippen LogP contribution < -0.4 is 10.6 Å². The topological polar surface area (TPSA) is 84.3 Å². The number of carbonyl (C=O) groups is 1. The number of terminal acetylenes is 1. The highest BCUT2D eigenvalue weighted by atomic mass is 16.6. The Hall–Kier alpha value is -2.55. The van der Waals surface area contributed by atoms with Crippen molar-refractivity contribution < 1.29 is 9.72 Å². The molecule has 1 aliphatic heterocycles. The van der Waals surface area contributed by atoms with Crippen molar-refractivity contribution in [2.45, 2.75) is 38.6 Å². The molecule has 2 N–H and O–H groups in total. The van der Waals surface area contributed by atoms with Gasteiger partial charge in [-0.1, -0.05) is 6.92 Å². The van der Waals surface area contributed by atoms with E-state index in [2.05, 4.69) is 16.6 Å². The van der Waals surface area contributed by atoms with Crippen molar-refractivity contribution in [2.24, 2.45) is 0 Å². The monoisotopic (exact) mass is 287 g/mol. The molecular weight excluding hydrogens is 270 g/mol. The summed E-state index contributed by atoms with van der Waals surface area (Å²) in [6.07, 6.45) is 7.41. The molecule has 1 aromatic carbocycles. The molecule has 1 unspecified atom stereocenters. The second-order valence-electron chi connectivity index (χ2n) is 4.99. The second-order valence-corrected chi connectivity index (χ2v) is 4.99. The third-order valence-electron chi connectivity index (χ3n) is 3.53. The Morgan fingerprint density at radius 2 is 2.29 bits per heavy atom. The van der Waals surface area contributed by atoms with Crippen molar-refractivity contribution in [3.63, 3.8) is 0 Å². The number of nitrogens with one attached hydrogen (secondary N) is 2. The molecular formula is C15H17N3O3. The number of fused-ring (bicyclic) bond motifs is 1. The van der Waals surface area contributed by atoms with Crippen LogP contribution in [-0.4, -0.2) is 16.9 Å². The first kappa shape index (κ1) is 14.9. The quantitative estimate of drug-likeness (QED) is 0.495. The summed E-state index contributed by atoms with van der Waals surface area (Å²) in [4.78, 5) is 22.3. The molecule has 0 radical (unpaired) electrons. The molecule has 6 nitrogen and oxygen atoms in total. The van der Waals surface area contributed by atoms with Crippen molar-refractivity contribution in [1.82, 2.24) is 0 Å². The molecule has 0 aliphatic carbocycles. The number of anilines is 2. The maximum Gasteiger partial charge on any atom is 0.292 e. The minimum atomic E-state index is -0.415. The van der Waals surface area contributed by atoms with Crippen LogP contribution in [0.2, 0.25) is 0 Å². The highest BCUT2D eigenvalue weighted by Gasteiger charge is 2.23. The molecule has 0 saturated heterocycles. The molecule has 110 valence electrons. The molecule has 0 spiro atoms. The van der Waals surface area contributed by atoms with Gasteiger partial charge in [0.15, 0.2) is 0 Å². The summed E-state index contributed by atoms with van der Waals surface area (Å²) in [5.74, 6) is 2.48. The fourth-order valence-electron chi connectivity index (χ4n) is 2.34. The van der Waals surface area contributed by atoms with Crippen LogP contribution in [0.3, 0.4) is 0 Å². The third-order valence-corrected chi connectivity index (χ3v) is 3.53. The summed E-state index contributed by atoms with van der Waals surface area (Å²) in [5, 5.41) is 17.1. The van der Waals surface area contributed by atoms with Crippen LogP contribution in [0.4, 0.5) is 17.1 Å². The van der Waals surface area contributed by atoms with Gasteiger partial charge in [-0.2, -0.15) is 0 Å². The van der Waals surface area contributed by atoms with Crippen LogP contribution in [0.15, 0.2) is 12.1 Å². The maximum atomic E-state index is 11.4. The molecule has 1 heterocycles. The van der Waals surface area contributed by atoms with Gasteiger partial charge < -0.3 is 10.6 Å². The Labute approximate surface area is 123 Å². The molecule has 0 fully saturated rings. The zero-order chi connectivity index (χ0) is 15.4. The van der Waals surface area contributed by atoms with Gasteiger partial charge in [0.1, 0.15) is 5.69 Å². The van der Waals surface area contributed by atoms with Gasteiger partial charge in [0, 0.05) is 30.6 Å². The highest BCUT2D eigenvalue weighted by Crippen LogP contribution is 2.34. The van der Waals surface area contributed by atoms with Gasteiger partial charge >= 0.3 is 0 Å². The van der Waals surface area contributed by atoms with Crippen molar-refractivity contribution in [3.05, 3.63) is 27.8 Å². The first-order chi connectivity index (χ1) is 10.0. The Morgan fingerprint density at radius 1 is 1.52 bits per heavy atom. The van der Waals surface area contributed by atoms with Gasteiger partial charge in [0.25, 0.3) is 5.69 Å². The van der Waals surface area contributed by atoms with Crippen LogP contribution >= 0.6 is 0 Å². The van der Waals surface area contributed by atoms with Crippen molar-refractivity contribution in [1.29, 1.82) is 0 Å². The summed E-state index contributed by atoms with van der Waals surface area (Å²) in [7, 11) is 0. The number of amides is 1. The lowest BCUT2D eigenvalue weighted by Crippen LogP contribution is -2.21. The average molecular weight is 287 g/mol. The number of aryl methyl sites for hydroxylation is 1. The fraction of sp³-hybridized carbons (Fsp3) is 0.400. The molecule has 21 heavy (non-hydrogen) atoms. The van der Waals surface area contributed by atoms with E-state index in [1.165, 1.54) is 6.07 Å². The number of nitrogens with zero attached hydrogens (tertiary/aromatic N) is 1. The number of carbonyl (C=O) groups excluding carboxylic acids is 1. The van der Waals surface area contributed by atoms with Gasteiger partial charge in [-0.15, -0.1) is 12.3 Å². The SMILES string of the molecule is C#CCC(CC)Nc1cc2c(cc1[N+](=O)[O-])CCC(=O)N2. The van der Waals surface area contributed by atoms with Gasteiger partial charge in [-0.05, 0) is 24.5 Å². The van der Waals surface area contributed by atoms with E-state index in [1.807, 2.05) is 6.92 Å². The van der Waals surface area contributed by atoms with Crippen molar-refractivity contribution in [3.8, 4) is 12.3 Å². The standard InChI is InChI=1S/C15H17N3O3/c1-3-5-11(4-2)16-13-9-12-10(6-7-15(19)17-12)8-14(13)18(20)21/h1,8-9,11,16H,4-7H2,2H3,(H,17,19). The lowest BCUT2D eigenvalue weighted by Gasteiger charge is -2.20. The number of nitro benzene ring substituents is 1. The molecule has 0 aromatic heterocycles. The number of hydrogen-bond donors (Lipinski definition) is 2. The second kappa shape index (κ2) is 6.27. The number of benzene rings is 1. The molecule has 1 atom stereocenters. The first-order valence-corrected chi connectivity index (χ1v) is 6.86. The molecule has 2 rings (SSSR count). The predicted octanol–water partition coefficient (Wildman–Crippen LogP) is 2.69. The average Bonchev–Trinajstić information content (AvgIpc) is 2.45. The Bertz CT molecular complexity index is 619. The van der Waals surface area contributed by atoms with Crippen LogP contribution in [0.5, 0.6) is 0 Å². The minimum absolute atomic E-state index is 0.0142. The Morgan fingerprint density at radius 3 is 2.90 bits per heavy atom. The number of nitro groups is 1. The van der Waals surface area contributed by atoms with Crippen molar-refractivity contribution in [2.75, 3.05) is 10.6 Å². The summed E-state index contributed by atoms with van der Waals surface area (Å²) >= 11 is 0. The lowest BCUT2D eigenvalue weighted by molar-refractivity contribution is -0.384. The summed E-state index contributed by atoms with van der Waals surface area (Å²) < 4.78 is 0. The fourth-order valence-corrected chi connectivity index (χ4v) is 2.34. The Kier molecular flexibility index (Phi) is 4.43. The molecule has 0 saturated carbocycles. The highest BCUT2D eigenvalue weighted by molar-refractivity contribution is 5.95. The van der Waals surface area contributed by atoms with Gasteiger partial charge in [0.2, 0.25) is 5.91 Å². The van der Waals surface area contributed by atoms with Gasteiger partial charge in [-0.3, -0.25) is 14.9 Å². The van der Waals surface area contributed by atoms with Crippen molar-refractivity contribution >= 4 is 23.0 Å². The van der Waals surface area contributed by atoms with E-state index in [0.29, 0.717) is 30.6 Å². The normalized spacial score (nSPS) is 14.6. The number of hydrogen-bond acceptors (Lipinski definition) is 4. The molecule has 0 bridgehead atoms. The maximum absolute atomic E-state index is 11.4. The van der Waals surface area contributed by atoms with E-state index in [4.69, 9.17) is 6.42 Å². The summed E-state index contributed by atoms with van der Waals surface area (Å²) in [5.41, 5.74) is 1.83. The zero-order valence-corrected chi connectivity index (χ0v) is 11.8. The van der Waals surface area contributed by atoms with E-state index >= 15 is 0 Å². The van der Waals surface area contributed by atoms with Gasteiger partial charge in [0.05, 0.1) is 4.92 Å². The van der Waals surface area contributed by atoms with E-state index in [0.717, 1.165) is 12.0 Å². The zero-order valence-electron chi connectivity index (χ0n) is 11.8. The molecule has 1 aliphatic rings. The number of rotatable bonds is 5. The summed E-state index contributed by atoms with van der Waals surface area (Å²) in [6, 6.07) is 3.12. The molecule has 1 aromatic rings. The smallest absolute Gasteiger partial charge is 0.292 e. The summed E-state index contributed by atoms with van der Waals surface area (Å²) in [6.45, 7) is 1.96. The first-order valence-electron chi connectivity index (χ1n) is 6.86. The van der Waals surface area contributed by atoms with Crippen LogP contribution in [0, 0.1) is 22.5 Å². The molecule has 1 amide bonds. The largest absolute Gasteiger partial charge is 0.376 e. The van der Waals surface area contributed by atoms with Crippen LogP contribution in [0.25, 0.3) is 0 Å². The van der Waals surface area contributed by atoms with E-state index < -0.39 is 4.92 Å². The van der Waals surface area contributed by atoms with E-state index in [-0.39, 0.29) is 17.6 Å². The lowest BCUT2D eigenvalue weighted by atomic mass is 10.0. The third kappa shape index (κ3) is 3.31. The Balaban J connectivity index is 2.38.